The molecule has 0 aliphatic carbocycles. The average molecular weight is 487 g/mol. The predicted octanol–water partition coefficient (Wildman–Crippen LogP) is 5.83. The van der Waals surface area contributed by atoms with Crippen LogP contribution in [0.5, 0.6) is 11.5 Å². The normalized spacial score (nSPS) is 10.4. The van der Waals surface area contributed by atoms with Crippen LogP contribution >= 0.6 is 22.6 Å². The van der Waals surface area contributed by atoms with E-state index in [1.54, 1.807) is 6.07 Å². The summed E-state index contributed by atoms with van der Waals surface area (Å²) >= 11 is 2.18. The van der Waals surface area contributed by atoms with Gasteiger partial charge in [0.25, 0.3) is 5.91 Å². The molecule has 0 radical (unpaired) electrons. The molecule has 28 heavy (non-hydrogen) atoms. The Labute approximate surface area is 179 Å². The topological polar surface area (TPSA) is 47.6 Å². The summed E-state index contributed by atoms with van der Waals surface area (Å²) in [5.41, 5.74) is 3.57. The van der Waals surface area contributed by atoms with Crippen molar-refractivity contribution < 1.29 is 14.3 Å². The van der Waals surface area contributed by atoms with E-state index in [2.05, 4.69) is 47.0 Å². The van der Waals surface area contributed by atoms with Crippen molar-refractivity contribution in [3.63, 3.8) is 0 Å². The quantitative estimate of drug-likeness (QED) is 0.427. The van der Waals surface area contributed by atoms with Crippen LogP contribution in [-0.4, -0.2) is 12.5 Å². The lowest BCUT2D eigenvalue weighted by molar-refractivity contribution is 0.102. The molecule has 0 unspecified atom stereocenters. The lowest BCUT2D eigenvalue weighted by Gasteiger charge is -2.16. The van der Waals surface area contributed by atoms with Gasteiger partial charge in [-0.05, 0) is 66.3 Å². The number of benzene rings is 3. The molecule has 0 aliphatic rings. The molecule has 4 nitrogen and oxygen atoms in total. The number of para-hydroxylation sites is 1. The summed E-state index contributed by atoms with van der Waals surface area (Å²) in [4.78, 5) is 12.6. The summed E-state index contributed by atoms with van der Waals surface area (Å²) in [7, 11) is 0. The van der Waals surface area contributed by atoms with Gasteiger partial charge in [0.1, 0.15) is 6.61 Å². The number of halogens is 1. The Bertz CT molecular complexity index is 940. The van der Waals surface area contributed by atoms with Gasteiger partial charge in [0.05, 0.1) is 10.2 Å². The minimum Gasteiger partial charge on any atom is -0.490 e. The second-order valence-electron chi connectivity index (χ2n) is 6.31. The maximum atomic E-state index is 12.6. The monoisotopic (exact) mass is 487 g/mol. The zero-order valence-corrected chi connectivity index (χ0v) is 18.0. The smallest absolute Gasteiger partial charge is 0.255 e. The highest BCUT2D eigenvalue weighted by Gasteiger charge is 2.16. The molecule has 3 aromatic rings. The number of amides is 1. The first-order chi connectivity index (χ1) is 13.6. The molecule has 5 heteroatoms. The molecule has 0 saturated heterocycles. The highest BCUT2D eigenvalue weighted by molar-refractivity contribution is 14.1. The van der Waals surface area contributed by atoms with Crippen molar-refractivity contribution in [3.8, 4) is 11.5 Å². The number of aryl methyl sites for hydroxylation is 1. The lowest BCUT2D eigenvalue weighted by Crippen LogP contribution is -2.13. The van der Waals surface area contributed by atoms with Gasteiger partial charge in [-0.2, -0.15) is 0 Å². The molecule has 0 bridgehead atoms. The van der Waals surface area contributed by atoms with Crippen LogP contribution in [0.2, 0.25) is 0 Å². The Balaban J connectivity index is 1.80. The van der Waals surface area contributed by atoms with Gasteiger partial charge in [-0.15, -0.1) is 0 Å². The number of rotatable bonds is 7. The van der Waals surface area contributed by atoms with Crippen molar-refractivity contribution in [3.05, 3.63) is 87.0 Å². The van der Waals surface area contributed by atoms with Gasteiger partial charge in [-0.3, -0.25) is 4.79 Å². The number of carbonyl (C=O) groups excluding carboxylic acids is 1. The first-order valence-corrected chi connectivity index (χ1v) is 10.2. The van der Waals surface area contributed by atoms with Gasteiger partial charge < -0.3 is 14.8 Å². The van der Waals surface area contributed by atoms with E-state index in [9.17, 15) is 4.79 Å². The number of nitrogens with one attached hydrogen (secondary N) is 1. The van der Waals surface area contributed by atoms with E-state index in [4.69, 9.17) is 9.47 Å². The molecular formula is C23H22INO3. The van der Waals surface area contributed by atoms with E-state index in [0.29, 0.717) is 30.3 Å². The molecule has 0 spiro atoms. The minimum atomic E-state index is -0.185. The fourth-order valence-electron chi connectivity index (χ4n) is 2.67. The molecule has 0 heterocycles. The maximum absolute atomic E-state index is 12.6. The summed E-state index contributed by atoms with van der Waals surface area (Å²) in [5.74, 6) is 1.04. The number of carbonyl (C=O) groups is 1. The van der Waals surface area contributed by atoms with Crippen LogP contribution < -0.4 is 14.8 Å². The highest BCUT2D eigenvalue weighted by atomic mass is 127. The molecule has 0 aromatic heterocycles. The standard InChI is InChI=1S/C23H22INO3/c1-3-27-21-14-18(23(26)25-19-7-5-4-6-8-19)13-20(24)22(21)28-15-17-11-9-16(2)10-12-17/h4-14H,3,15H2,1-2H3,(H,25,26). The molecule has 0 aliphatic heterocycles. The van der Waals surface area contributed by atoms with Crippen molar-refractivity contribution >= 4 is 34.2 Å². The Kier molecular flexibility index (Phi) is 6.92. The van der Waals surface area contributed by atoms with E-state index in [0.717, 1.165) is 14.8 Å². The number of ether oxygens (including phenoxy) is 2. The summed E-state index contributed by atoms with van der Waals surface area (Å²) in [6, 6.07) is 21.1. The van der Waals surface area contributed by atoms with E-state index in [-0.39, 0.29) is 5.91 Å². The van der Waals surface area contributed by atoms with Crippen molar-refractivity contribution in [1.29, 1.82) is 0 Å². The van der Waals surface area contributed by atoms with Crippen molar-refractivity contribution in [1.82, 2.24) is 0 Å². The third-order valence-corrected chi connectivity index (χ3v) is 4.91. The predicted molar refractivity (Wildman–Crippen MR) is 120 cm³/mol. The van der Waals surface area contributed by atoms with Crippen LogP contribution in [0.1, 0.15) is 28.4 Å². The first kappa shape index (κ1) is 20.2. The van der Waals surface area contributed by atoms with Gasteiger partial charge in [-0.25, -0.2) is 0 Å². The van der Waals surface area contributed by atoms with Crippen LogP contribution in [-0.2, 0) is 6.61 Å². The Morgan fingerprint density at radius 1 is 1.00 bits per heavy atom. The van der Waals surface area contributed by atoms with Gasteiger partial charge >= 0.3 is 0 Å². The summed E-state index contributed by atoms with van der Waals surface area (Å²) < 4.78 is 12.6. The number of hydrogen-bond donors (Lipinski definition) is 1. The van der Waals surface area contributed by atoms with Crippen LogP contribution in [0.3, 0.4) is 0 Å². The SMILES string of the molecule is CCOc1cc(C(=O)Nc2ccccc2)cc(I)c1OCc1ccc(C)cc1. The van der Waals surface area contributed by atoms with Crippen molar-refractivity contribution in [2.24, 2.45) is 0 Å². The molecule has 3 rings (SSSR count). The molecule has 0 fully saturated rings. The molecule has 3 aromatic carbocycles. The third-order valence-electron chi connectivity index (χ3n) is 4.11. The summed E-state index contributed by atoms with van der Waals surface area (Å²) in [6.45, 7) is 4.89. The van der Waals surface area contributed by atoms with Crippen LogP contribution in [0.4, 0.5) is 5.69 Å². The Morgan fingerprint density at radius 2 is 1.71 bits per heavy atom. The number of anilines is 1. The lowest BCUT2D eigenvalue weighted by atomic mass is 10.1. The zero-order valence-electron chi connectivity index (χ0n) is 15.9. The van der Waals surface area contributed by atoms with Crippen molar-refractivity contribution in [2.45, 2.75) is 20.5 Å². The summed E-state index contributed by atoms with van der Waals surface area (Å²) in [5, 5.41) is 2.90. The molecule has 1 N–H and O–H groups in total. The molecule has 0 saturated carbocycles. The van der Waals surface area contributed by atoms with Gasteiger partial charge in [0.15, 0.2) is 11.5 Å². The molecule has 1 amide bonds. The molecule has 144 valence electrons. The Morgan fingerprint density at radius 3 is 2.39 bits per heavy atom. The highest BCUT2D eigenvalue weighted by Crippen LogP contribution is 2.35. The average Bonchev–Trinajstić information content (AvgIpc) is 2.69. The zero-order chi connectivity index (χ0) is 19.9. The molecular weight excluding hydrogens is 465 g/mol. The fraction of sp³-hybridized carbons (Fsp3) is 0.174. The van der Waals surface area contributed by atoms with Gasteiger partial charge in [0.2, 0.25) is 0 Å². The van der Waals surface area contributed by atoms with E-state index in [1.807, 2.05) is 55.5 Å². The van der Waals surface area contributed by atoms with Gasteiger partial charge in [0, 0.05) is 11.3 Å². The minimum absolute atomic E-state index is 0.185. The summed E-state index contributed by atoms with van der Waals surface area (Å²) in [6.07, 6.45) is 0. The maximum Gasteiger partial charge on any atom is 0.255 e. The van der Waals surface area contributed by atoms with E-state index >= 15 is 0 Å². The Hall–Kier alpha value is -2.54. The van der Waals surface area contributed by atoms with Crippen LogP contribution in [0.15, 0.2) is 66.7 Å². The molecule has 0 atom stereocenters. The largest absolute Gasteiger partial charge is 0.490 e. The second kappa shape index (κ2) is 9.59. The second-order valence-corrected chi connectivity index (χ2v) is 7.47. The van der Waals surface area contributed by atoms with Crippen LogP contribution in [0.25, 0.3) is 0 Å². The van der Waals surface area contributed by atoms with Gasteiger partial charge in [-0.1, -0.05) is 48.0 Å². The van der Waals surface area contributed by atoms with E-state index in [1.165, 1.54) is 5.56 Å². The van der Waals surface area contributed by atoms with Crippen LogP contribution in [0, 0.1) is 10.5 Å². The number of hydrogen-bond acceptors (Lipinski definition) is 3. The van der Waals surface area contributed by atoms with Crippen molar-refractivity contribution in [2.75, 3.05) is 11.9 Å². The fourth-order valence-corrected chi connectivity index (χ4v) is 3.42. The third kappa shape index (κ3) is 5.25. The first-order valence-electron chi connectivity index (χ1n) is 9.08. The van der Waals surface area contributed by atoms with E-state index < -0.39 is 0 Å².